The highest BCUT2D eigenvalue weighted by Crippen LogP contribution is 2.27. The monoisotopic (exact) mass is 390 g/mol. The van der Waals surface area contributed by atoms with Crippen molar-refractivity contribution >= 4 is 23.2 Å². The Morgan fingerprint density at radius 1 is 1.03 bits per heavy atom. The summed E-state index contributed by atoms with van der Waals surface area (Å²) in [6, 6.07) is 18.4. The van der Waals surface area contributed by atoms with Gasteiger partial charge in [-0.2, -0.15) is 0 Å². The first-order chi connectivity index (χ1) is 14.1. The second-order valence-corrected chi connectivity index (χ2v) is 6.79. The quantitative estimate of drug-likeness (QED) is 0.672. The predicted molar refractivity (Wildman–Crippen MR) is 109 cm³/mol. The summed E-state index contributed by atoms with van der Waals surface area (Å²) in [5.74, 6) is -0.154. The van der Waals surface area contributed by atoms with E-state index in [1.807, 2.05) is 6.07 Å². The van der Waals surface area contributed by atoms with Crippen LogP contribution in [0.1, 0.15) is 27.9 Å². The van der Waals surface area contributed by atoms with Crippen molar-refractivity contribution in [3.63, 3.8) is 0 Å². The van der Waals surface area contributed by atoms with Crippen molar-refractivity contribution in [3.8, 4) is 5.75 Å². The summed E-state index contributed by atoms with van der Waals surface area (Å²) in [6.07, 6.45) is 1.08. The van der Waals surface area contributed by atoms with Gasteiger partial charge in [0.25, 0.3) is 5.91 Å². The molecule has 0 spiro atoms. The molecule has 1 aliphatic rings. The van der Waals surface area contributed by atoms with Gasteiger partial charge < -0.3 is 15.4 Å². The van der Waals surface area contributed by atoms with Gasteiger partial charge in [-0.3, -0.25) is 9.59 Å². The third-order valence-corrected chi connectivity index (χ3v) is 4.70. The van der Waals surface area contributed by atoms with Crippen molar-refractivity contribution in [2.24, 2.45) is 0 Å². The third kappa shape index (κ3) is 4.43. The SMILES string of the molecule is O=C1CCc2cc(NC(=O)c3ccccc3OCc3ccc(F)cc3)ccc2N1. The minimum atomic E-state index is -0.307. The van der Waals surface area contributed by atoms with E-state index in [9.17, 15) is 14.0 Å². The van der Waals surface area contributed by atoms with Gasteiger partial charge in [-0.1, -0.05) is 24.3 Å². The van der Waals surface area contributed by atoms with Gasteiger partial charge in [-0.15, -0.1) is 0 Å². The van der Waals surface area contributed by atoms with Gasteiger partial charge in [-0.25, -0.2) is 4.39 Å². The number of anilines is 2. The lowest BCUT2D eigenvalue weighted by Crippen LogP contribution is -2.19. The number of hydrogen-bond acceptors (Lipinski definition) is 3. The number of benzene rings is 3. The molecule has 2 N–H and O–H groups in total. The van der Waals surface area contributed by atoms with Gasteiger partial charge in [0.1, 0.15) is 18.2 Å². The number of halogens is 1. The molecule has 0 bridgehead atoms. The molecular formula is C23H19FN2O3. The summed E-state index contributed by atoms with van der Waals surface area (Å²) in [5.41, 5.74) is 3.63. The molecule has 5 nitrogen and oxygen atoms in total. The minimum Gasteiger partial charge on any atom is -0.488 e. The highest BCUT2D eigenvalue weighted by atomic mass is 19.1. The number of rotatable bonds is 5. The maximum atomic E-state index is 13.0. The van der Waals surface area contributed by atoms with Crippen LogP contribution in [-0.4, -0.2) is 11.8 Å². The Morgan fingerprint density at radius 3 is 2.66 bits per heavy atom. The average molecular weight is 390 g/mol. The highest BCUT2D eigenvalue weighted by Gasteiger charge is 2.17. The van der Waals surface area contributed by atoms with Crippen LogP contribution in [0.2, 0.25) is 0 Å². The molecule has 1 heterocycles. The standard InChI is InChI=1S/C23H19FN2O3/c24-17-8-5-15(6-9-17)14-29-21-4-2-1-3-19(21)23(28)25-18-10-11-20-16(13-18)7-12-22(27)26-20/h1-6,8-11,13H,7,12,14H2,(H,25,28)(H,26,27). The lowest BCUT2D eigenvalue weighted by atomic mass is 10.0. The maximum Gasteiger partial charge on any atom is 0.259 e. The Kier molecular flexibility index (Phi) is 5.24. The molecular weight excluding hydrogens is 371 g/mol. The molecule has 0 saturated carbocycles. The van der Waals surface area contributed by atoms with E-state index in [0.29, 0.717) is 29.8 Å². The van der Waals surface area contributed by atoms with Gasteiger partial charge >= 0.3 is 0 Å². The zero-order chi connectivity index (χ0) is 20.2. The zero-order valence-electron chi connectivity index (χ0n) is 15.6. The minimum absolute atomic E-state index is 0.00140. The fraction of sp³-hybridized carbons (Fsp3) is 0.130. The summed E-state index contributed by atoms with van der Waals surface area (Å²) < 4.78 is 18.8. The van der Waals surface area contributed by atoms with Crippen LogP contribution in [0.4, 0.5) is 15.8 Å². The van der Waals surface area contributed by atoms with E-state index >= 15 is 0 Å². The van der Waals surface area contributed by atoms with E-state index in [1.54, 1.807) is 48.5 Å². The molecule has 0 aliphatic carbocycles. The van der Waals surface area contributed by atoms with E-state index < -0.39 is 0 Å². The van der Waals surface area contributed by atoms with Crippen LogP contribution in [0.15, 0.2) is 66.7 Å². The summed E-state index contributed by atoms with van der Waals surface area (Å²) in [5, 5.41) is 5.71. The Morgan fingerprint density at radius 2 is 1.83 bits per heavy atom. The zero-order valence-corrected chi connectivity index (χ0v) is 15.6. The van der Waals surface area contributed by atoms with Crippen molar-refractivity contribution in [1.82, 2.24) is 0 Å². The Labute approximate surface area is 167 Å². The van der Waals surface area contributed by atoms with Crippen LogP contribution in [0.5, 0.6) is 5.75 Å². The molecule has 0 aromatic heterocycles. The van der Waals surface area contributed by atoms with E-state index in [1.165, 1.54) is 12.1 Å². The first-order valence-electron chi connectivity index (χ1n) is 9.29. The molecule has 0 radical (unpaired) electrons. The first kappa shape index (κ1) is 18.7. The molecule has 3 aromatic rings. The molecule has 0 fully saturated rings. The molecule has 6 heteroatoms. The first-order valence-corrected chi connectivity index (χ1v) is 9.29. The average Bonchev–Trinajstić information content (AvgIpc) is 2.73. The van der Waals surface area contributed by atoms with E-state index in [0.717, 1.165) is 16.8 Å². The van der Waals surface area contributed by atoms with Gasteiger partial charge in [0.2, 0.25) is 5.91 Å². The van der Waals surface area contributed by atoms with Crippen molar-refractivity contribution in [2.45, 2.75) is 19.4 Å². The molecule has 0 unspecified atom stereocenters. The van der Waals surface area contributed by atoms with E-state index in [2.05, 4.69) is 10.6 Å². The third-order valence-electron chi connectivity index (χ3n) is 4.70. The Bertz CT molecular complexity index is 1060. The lowest BCUT2D eigenvalue weighted by Gasteiger charge is -2.18. The van der Waals surface area contributed by atoms with Crippen molar-refractivity contribution in [3.05, 3.63) is 89.2 Å². The van der Waals surface area contributed by atoms with E-state index in [-0.39, 0.29) is 24.2 Å². The predicted octanol–water partition coefficient (Wildman–Crippen LogP) is 4.54. The molecule has 3 aromatic carbocycles. The molecule has 0 atom stereocenters. The highest BCUT2D eigenvalue weighted by molar-refractivity contribution is 6.06. The second-order valence-electron chi connectivity index (χ2n) is 6.79. The number of carbonyl (C=O) groups is 2. The number of hydrogen-bond donors (Lipinski definition) is 2. The van der Waals surface area contributed by atoms with Crippen molar-refractivity contribution in [2.75, 3.05) is 10.6 Å². The van der Waals surface area contributed by atoms with Crippen LogP contribution in [0, 0.1) is 5.82 Å². The van der Waals surface area contributed by atoms with Crippen LogP contribution in [0.25, 0.3) is 0 Å². The van der Waals surface area contributed by atoms with Crippen molar-refractivity contribution < 1.29 is 18.7 Å². The van der Waals surface area contributed by atoms with Gasteiger partial charge in [-0.05, 0) is 60.0 Å². The lowest BCUT2D eigenvalue weighted by molar-refractivity contribution is -0.116. The van der Waals surface area contributed by atoms with Crippen LogP contribution >= 0.6 is 0 Å². The number of nitrogens with one attached hydrogen (secondary N) is 2. The summed E-state index contributed by atoms with van der Waals surface area (Å²) in [6.45, 7) is 0.225. The van der Waals surface area contributed by atoms with Gasteiger partial charge in [0.15, 0.2) is 0 Å². The Hall–Kier alpha value is -3.67. The maximum absolute atomic E-state index is 13.0. The molecule has 4 rings (SSSR count). The Balaban J connectivity index is 1.47. The van der Waals surface area contributed by atoms with Crippen LogP contribution < -0.4 is 15.4 Å². The van der Waals surface area contributed by atoms with E-state index in [4.69, 9.17) is 4.74 Å². The number of para-hydroxylation sites is 1. The van der Waals surface area contributed by atoms with Crippen LogP contribution in [-0.2, 0) is 17.8 Å². The summed E-state index contributed by atoms with van der Waals surface area (Å²) >= 11 is 0. The number of fused-ring (bicyclic) bond motifs is 1. The number of amides is 2. The molecule has 2 amide bonds. The van der Waals surface area contributed by atoms with Crippen LogP contribution in [0.3, 0.4) is 0 Å². The topological polar surface area (TPSA) is 67.4 Å². The molecule has 1 aliphatic heterocycles. The number of carbonyl (C=O) groups excluding carboxylic acids is 2. The second kappa shape index (κ2) is 8.14. The van der Waals surface area contributed by atoms with Crippen molar-refractivity contribution in [1.29, 1.82) is 0 Å². The largest absolute Gasteiger partial charge is 0.488 e. The summed E-state index contributed by atoms with van der Waals surface area (Å²) in [4.78, 5) is 24.3. The van der Waals surface area contributed by atoms with Gasteiger partial charge in [0, 0.05) is 17.8 Å². The molecule has 146 valence electrons. The molecule has 29 heavy (non-hydrogen) atoms. The normalized spacial score (nSPS) is 12.7. The number of ether oxygens (including phenoxy) is 1. The fourth-order valence-corrected chi connectivity index (χ4v) is 3.18. The summed E-state index contributed by atoms with van der Waals surface area (Å²) in [7, 11) is 0. The smallest absolute Gasteiger partial charge is 0.259 e. The molecule has 0 saturated heterocycles. The fourth-order valence-electron chi connectivity index (χ4n) is 3.18. The van der Waals surface area contributed by atoms with Gasteiger partial charge in [0.05, 0.1) is 5.56 Å². The number of aryl methyl sites for hydroxylation is 1.